The maximum absolute atomic E-state index is 12.7. The number of anilines is 1. The van der Waals surface area contributed by atoms with Crippen LogP contribution in [0.4, 0.5) is 11.4 Å². The molecule has 2 aromatic rings. The molecule has 0 radical (unpaired) electrons. The Balaban J connectivity index is 1.71. The minimum atomic E-state index is -0.100. The molecule has 2 heterocycles. The maximum Gasteiger partial charge on any atom is 0.264 e. The molecular weight excluding hydrogens is 414 g/mol. The molecule has 2 aromatic carbocycles. The van der Waals surface area contributed by atoms with Crippen LogP contribution in [0, 0.1) is 13.8 Å². The number of carbonyl (C=O) groups excluding carboxylic acids is 1. The topological polar surface area (TPSA) is 44.7 Å². The van der Waals surface area contributed by atoms with Crippen molar-refractivity contribution in [3.8, 4) is 0 Å². The van der Waals surface area contributed by atoms with Gasteiger partial charge in [-0.2, -0.15) is 0 Å². The number of fused-ring (bicyclic) bond motifs is 1. The maximum atomic E-state index is 12.7. The SMILES string of the molecule is CC1=CC(C)(C)N(C(C)C)c2cc(C)c(/C=C3\SC(=Nc4ccccc4C)NC3=O)cc21. The quantitative estimate of drug-likeness (QED) is 0.541. The first kappa shape index (κ1) is 22.4. The molecule has 1 fully saturated rings. The zero-order valence-electron chi connectivity index (χ0n) is 19.9. The number of carbonyl (C=O) groups is 1. The van der Waals surface area contributed by atoms with Crippen molar-refractivity contribution < 1.29 is 4.79 Å². The standard InChI is InChI=1S/C27H31N3OS/c1-16(2)30-23-12-18(4)20(13-21(23)19(5)15-27(30,6)7)14-24-25(31)29-26(32-24)28-22-11-9-8-10-17(22)3/h8-16H,1-7H3,(H,28,29,31)/b24-14-. The minimum absolute atomic E-state index is 0.0419. The fourth-order valence-electron chi connectivity index (χ4n) is 4.73. The van der Waals surface area contributed by atoms with Gasteiger partial charge in [-0.05, 0) is 107 Å². The van der Waals surface area contributed by atoms with E-state index in [1.165, 1.54) is 28.6 Å². The van der Waals surface area contributed by atoms with Crippen molar-refractivity contribution >= 4 is 45.9 Å². The van der Waals surface area contributed by atoms with Crippen LogP contribution in [0.2, 0.25) is 0 Å². The summed E-state index contributed by atoms with van der Waals surface area (Å²) in [5.41, 5.74) is 7.89. The molecule has 4 rings (SSSR count). The van der Waals surface area contributed by atoms with Crippen LogP contribution in [0.3, 0.4) is 0 Å². The molecule has 2 aliphatic heterocycles. The molecular formula is C27H31N3OS. The largest absolute Gasteiger partial charge is 0.360 e. The van der Waals surface area contributed by atoms with Gasteiger partial charge >= 0.3 is 0 Å². The number of amidine groups is 1. The molecule has 1 saturated heterocycles. The second kappa shape index (κ2) is 8.28. The molecule has 0 aromatic heterocycles. The Hall–Kier alpha value is -2.79. The van der Waals surface area contributed by atoms with E-state index < -0.39 is 0 Å². The molecule has 0 bridgehead atoms. The van der Waals surface area contributed by atoms with E-state index in [1.807, 2.05) is 37.3 Å². The first-order valence-electron chi connectivity index (χ1n) is 11.1. The Morgan fingerprint density at radius 1 is 1.09 bits per heavy atom. The number of rotatable bonds is 3. The highest BCUT2D eigenvalue weighted by atomic mass is 32.2. The average Bonchev–Trinajstić information content (AvgIpc) is 3.02. The molecule has 0 saturated carbocycles. The summed E-state index contributed by atoms with van der Waals surface area (Å²) in [6.45, 7) is 15.3. The average molecular weight is 446 g/mol. The van der Waals surface area contributed by atoms with Gasteiger partial charge in [0.1, 0.15) is 0 Å². The predicted molar refractivity (Wildman–Crippen MR) is 139 cm³/mol. The third-order valence-electron chi connectivity index (χ3n) is 6.05. The van der Waals surface area contributed by atoms with Gasteiger partial charge in [0.2, 0.25) is 0 Å². The molecule has 5 heteroatoms. The lowest BCUT2D eigenvalue weighted by molar-refractivity contribution is -0.115. The normalized spacial score (nSPS) is 20.1. The van der Waals surface area contributed by atoms with E-state index in [9.17, 15) is 4.79 Å². The number of aryl methyl sites for hydroxylation is 2. The minimum Gasteiger partial charge on any atom is -0.360 e. The van der Waals surface area contributed by atoms with Gasteiger partial charge in [0.05, 0.1) is 16.1 Å². The summed E-state index contributed by atoms with van der Waals surface area (Å²) in [7, 11) is 0. The van der Waals surface area contributed by atoms with E-state index in [-0.39, 0.29) is 11.4 Å². The number of hydrogen-bond acceptors (Lipinski definition) is 4. The van der Waals surface area contributed by atoms with E-state index in [0.29, 0.717) is 16.1 Å². The van der Waals surface area contributed by atoms with Gasteiger partial charge in [-0.3, -0.25) is 4.79 Å². The monoisotopic (exact) mass is 445 g/mol. The summed E-state index contributed by atoms with van der Waals surface area (Å²) >= 11 is 1.39. The molecule has 1 amide bonds. The molecule has 32 heavy (non-hydrogen) atoms. The lowest BCUT2D eigenvalue weighted by Crippen LogP contribution is -2.49. The van der Waals surface area contributed by atoms with Gasteiger partial charge in [-0.1, -0.05) is 24.3 Å². The number of benzene rings is 2. The Morgan fingerprint density at radius 3 is 2.50 bits per heavy atom. The van der Waals surface area contributed by atoms with Crippen LogP contribution >= 0.6 is 11.8 Å². The molecule has 0 spiro atoms. The lowest BCUT2D eigenvalue weighted by Gasteiger charge is -2.46. The van der Waals surface area contributed by atoms with Crippen molar-refractivity contribution in [3.63, 3.8) is 0 Å². The van der Waals surface area contributed by atoms with E-state index in [2.05, 4.69) is 75.0 Å². The highest BCUT2D eigenvalue weighted by Crippen LogP contribution is 2.42. The fourth-order valence-corrected chi connectivity index (χ4v) is 5.56. The number of allylic oxidation sites excluding steroid dienone is 1. The van der Waals surface area contributed by atoms with Gasteiger partial charge in [0.25, 0.3) is 5.91 Å². The van der Waals surface area contributed by atoms with Crippen LogP contribution in [0.5, 0.6) is 0 Å². The Kier molecular flexibility index (Phi) is 5.80. The van der Waals surface area contributed by atoms with Crippen molar-refractivity contribution in [2.45, 2.75) is 60.0 Å². The van der Waals surface area contributed by atoms with Crippen LogP contribution in [-0.2, 0) is 4.79 Å². The summed E-state index contributed by atoms with van der Waals surface area (Å²) in [4.78, 5) is 20.4. The van der Waals surface area contributed by atoms with Crippen molar-refractivity contribution in [1.82, 2.24) is 5.32 Å². The molecule has 4 nitrogen and oxygen atoms in total. The zero-order valence-corrected chi connectivity index (χ0v) is 20.7. The van der Waals surface area contributed by atoms with Crippen LogP contribution in [0.1, 0.15) is 56.9 Å². The van der Waals surface area contributed by atoms with Gasteiger partial charge in [0.15, 0.2) is 5.17 Å². The predicted octanol–water partition coefficient (Wildman–Crippen LogP) is 6.61. The van der Waals surface area contributed by atoms with Crippen LogP contribution < -0.4 is 10.2 Å². The summed E-state index contributed by atoms with van der Waals surface area (Å²) in [6.07, 6.45) is 4.33. The Morgan fingerprint density at radius 2 is 1.81 bits per heavy atom. The third-order valence-corrected chi connectivity index (χ3v) is 6.96. The summed E-state index contributed by atoms with van der Waals surface area (Å²) < 4.78 is 0. The fraction of sp³-hybridized carbons (Fsp3) is 0.333. The third kappa shape index (κ3) is 4.14. The molecule has 166 valence electrons. The van der Waals surface area contributed by atoms with Crippen molar-refractivity contribution in [3.05, 3.63) is 69.6 Å². The number of para-hydroxylation sites is 1. The molecule has 0 aliphatic carbocycles. The Bertz CT molecular complexity index is 1190. The lowest BCUT2D eigenvalue weighted by atomic mass is 9.86. The van der Waals surface area contributed by atoms with Crippen molar-refractivity contribution in [2.75, 3.05) is 4.90 Å². The molecule has 0 unspecified atom stereocenters. The van der Waals surface area contributed by atoms with E-state index in [1.54, 1.807) is 0 Å². The number of amides is 1. The van der Waals surface area contributed by atoms with Crippen molar-refractivity contribution in [1.29, 1.82) is 0 Å². The molecule has 2 aliphatic rings. The number of hydrogen-bond donors (Lipinski definition) is 1. The number of nitrogens with zero attached hydrogens (tertiary/aromatic N) is 2. The summed E-state index contributed by atoms with van der Waals surface area (Å²) in [6, 6.07) is 12.8. The first-order chi connectivity index (χ1) is 15.1. The highest BCUT2D eigenvalue weighted by Gasteiger charge is 2.33. The second-order valence-electron chi connectivity index (χ2n) is 9.44. The molecule has 0 atom stereocenters. The number of aliphatic imine (C=N–C) groups is 1. The van der Waals surface area contributed by atoms with Gasteiger partial charge in [-0.25, -0.2) is 4.99 Å². The number of thioether (sulfide) groups is 1. The van der Waals surface area contributed by atoms with Crippen LogP contribution in [0.25, 0.3) is 11.6 Å². The second-order valence-corrected chi connectivity index (χ2v) is 10.5. The van der Waals surface area contributed by atoms with Gasteiger partial charge in [-0.15, -0.1) is 0 Å². The zero-order chi connectivity index (χ0) is 23.2. The van der Waals surface area contributed by atoms with E-state index >= 15 is 0 Å². The molecule has 1 N–H and O–H groups in total. The number of nitrogens with one attached hydrogen (secondary N) is 1. The smallest absolute Gasteiger partial charge is 0.264 e. The van der Waals surface area contributed by atoms with Crippen LogP contribution in [-0.4, -0.2) is 22.7 Å². The van der Waals surface area contributed by atoms with Gasteiger partial charge < -0.3 is 10.2 Å². The Labute approximate surface area is 195 Å². The van der Waals surface area contributed by atoms with Crippen molar-refractivity contribution in [2.24, 2.45) is 4.99 Å². The van der Waals surface area contributed by atoms with E-state index in [0.717, 1.165) is 22.4 Å². The van der Waals surface area contributed by atoms with Gasteiger partial charge in [0, 0.05) is 17.3 Å². The first-order valence-corrected chi connectivity index (χ1v) is 11.9. The summed E-state index contributed by atoms with van der Waals surface area (Å²) in [5, 5.41) is 3.53. The summed E-state index contributed by atoms with van der Waals surface area (Å²) in [5.74, 6) is -0.100. The highest BCUT2D eigenvalue weighted by molar-refractivity contribution is 8.18. The van der Waals surface area contributed by atoms with E-state index in [4.69, 9.17) is 0 Å². The van der Waals surface area contributed by atoms with Crippen LogP contribution in [0.15, 0.2) is 52.4 Å².